The Morgan fingerprint density at radius 2 is 1.70 bits per heavy atom. The van der Waals surface area contributed by atoms with Crippen LogP contribution in [0.4, 0.5) is 13.2 Å². The molecule has 0 saturated heterocycles. The van der Waals surface area contributed by atoms with Crippen LogP contribution >= 0.6 is 0 Å². The number of benzene rings is 2. The fourth-order valence-electron chi connectivity index (χ4n) is 3.24. The van der Waals surface area contributed by atoms with Gasteiger partial charge in [0.2, 0.25) is 5.91 Å². The molecule has 27 heavy (non-hydrogen) atoms. The molecule has 1 saturated carbocycles. The van der Waals surface area contributed by atoms with Crippen molar-refractivity contribution in [3.8, 4) is 0 Å². The van der Waals surface area contributed by atoms with Gasteiger partial charge in [0.15, 0.2) is 0 Å². The van der Waals surface area contributed by atoms with Gasteiger partial charge in [-0.15, -0.1) is 0 Å². The summed E-state index contributed by atoms with van der Waals surface area (Å²) < 4.78 is 39.4. The van der Waals surface area contributed by atoms with E-state index in [1.165, 1.54) is 18.2 Å². The van der Waals surface area contributed by atoms with Crippen molar-refractivity contribution in [1.29, 1.82) is 0 Å². The van der Waals surface area contributed by atoms with E-state index in [1.54, 1.807) is 30.3 Å². The van der Waals surface area contributed by atoms with E-state index >= 15 is 0 Å². The van der Waals surface area contributed by atoms with Crippen molar-refractivity contribution >= 4 is 11.9 Å². The molecule has 1 aliphatic rings. The molecule has 142 valence electrons. The molecule has 4 nitrogen and oxygen atoms in total. The van der Waals surface area contributed by atoms with E-state index in [4.69, 9.17) is 0 Å². The third-order valence-electron chi connectivity index (χ3n) is 4.69. The second-order valence-electron chi connectivity index (χ2n) is 6.62. The number of hydrogen-bond donors (Lipinski definition) is 2. The van der Waals surface area contributed by atoms with Gasteiger partial charge in [-0.25, -0.2) is 4.79 Å². The van der Waals surface area contributed by atoms with Crippen LogP contribution in [0.2, 0.25) is 0 Å². The number of hydrogen-bond acceptors (Lipinski definition) is 2. The fraction of sp³-hybridized carbons (Fsp3) is 0.300. The average Bonchev–Trinajstić information content (AvgIpc) is 3.42. The quantitative estimate of drug-likeness (QED) is 0.808. The van der Waals surface area contributed by atoms with Gasteiger partial charge in [0.05, 0.1) is 5.56 Å². The largest absolute Gasteiger partial charge is 0.480 e. The summed E-state index contributed by atoms with van der Waals surface area (Å²) in [5, 5.41) is 11.8. The predicted octanol–water partition coefficient (Wildman–Crippen LogP) is 3.62. The number of carboxylic acids is 1. The van der Waals surface area contributed by atoms with Crippen LogP contribution in [-0.4, -0.2) is 23.0 Å². The highest BCUT2D eigenvalue weighted by Crippen LogP contribution is 2.51. The minimum Gasteiger partial charge on any atom is -0.480 e. The van der Waals surface area contributed by atoms with Crippen LogP contribution in [0, 0.1) is 5.92 Å². The van der Waals surface area contributed by atoms with Crippen molar-refractivity contribution in [2.75, 3.05) is 0 Å². The summed E-state index contributed by atoms with van der Waals surface area (Å²) in [5.41, 5.74) is 0.0874. The summed E-state index contributed by atoms with van der Waals surface area (Å²) in [6.07, 6.45) is -4.11. The zero-order valence-electron chi connectivity index (χ0n) is 14.2. The van der Waals surface area contributed by atoms with Crippen molar-refractivity contribution in [1.82, 2.24) is 5.32 Å². The Hall–Kier alpha value is -2.83. The summed E-state index contributed by atoms with van der Waals surface area (Å²) in [4.78, 5) is 23.9. The predicted molar refractivity (Wildman–Crippen MR) is 92.0 cm³/mol. The Bertz CT molecular complexity index is 836. The zero-order valence-corrected chi connectivity index (χ0v) is 14.2. The van der Waals surface area contributed by atoms with Crippen LogP contribution in [0.25, 0.3) is 0 Å². The first-order valence-corrected chi connectivity index (χ1v) is 8.50. The number of carbonyl (C=O) groups is 2. The van der Waals surface area contributed by atoms with Crippen LogP contribution in [0.1, 0.15) is 29.0 Å². The second kappa shape index (κ2) is 7.42. The van der Waals surface area contributed by atoms with E-state index in [9.17, 15) is 27.9 Å². The number of carbonyl (C=O) groups excluding carboxylic acids is 1. The molecule has 2 aromatic carbocycles. The van der Waals surface area contributed by atoms with E-state index < -0.39 is 41.5 Å². The van der Waals surface area contributed by atoms with Gasteiger partial charge in [0.25, 0.3) is 0 Å². The van der Waals surface area contributed by atoms with Crippen molar-refractivity contribution in [2.24, 2.45) is 5.92 Å². The Morgan fingerprint density at radius 1 is 1.07 bits per heavy atom. The van der Waals surface area contributed by atoms with Gasteiger partial charge in [-0.2, -0.15) is 13.2 Å². The molecule has 0 radical (unpaired) electrons. The molecule has 0 bridgehead atoms. The minimum absolute atomic E-state index is 0.0834. The maximum Gasteiger partial charge on any atom is 0.416 e. The molecule has 1 aliphatic carbocycles. The summed E-state index contributed by atoms with van der Waals surface area (Å²) in [6, 6.07) is 12.9. The van der Waals surface area contributed by atoms with Gasteiger partial charge in [-0.1, -0.05) is 48.5 Å². The number of amides is 1. The van der Waals surface area contributed by atoms with E-state index in [1.807, 2.05) is 0 Å². The van der Waals surface area contributed by atoms with Crippen LogP contribution in [-0.2, 0) is 22.2 Å². The van der Waals surface area contributed by atoms with Gasteiger partial charge in [0.1, 0.15) is 6.04 Å². The topological polar surface area (TPSA) is 66.4 Å². The van der Waals surface area contributed by atoms with Crippen LogP contribution < -0.4 is 5.32 Å². The van der Waals surface area contributed by atoms with Gasteiger partial charge in [-0.3, -0.25) is 4.79 Å². The third-order valence-corrected chi connectivity index (χ3v) is 4.69. The standard InChI is InChI=1S/C20H18F3NO3/c21-20(22,23)16-9-5-4-8-13(16)14-11-15(14)18(25)24-17(19(26)27)10-12-6-2-1-3-7-12/h1-9,14-15,17H,10-11H2,(H,24,25)(H,26,27). The Balaban J connectivity index is 1.68. The van der Waals surface area contributed by atoms with Gasteiger partial charge in [0, 0.05) is 12.3 Å². The second-order valence-corrected chi connectivity index (χ2v) is 6.62. The molecule has 2 aromatic rings. The lowest BCUT2D eigenvalue weighted by Gasteiger charge is -2.15. The van der Waals surface area contributed by atoms with Crippen LogP contribution in [0.5, 0.6) is 0 Å². The summed E-state index contributed by atoms with van der Waals surface area (Å²) in [6.45, 7) is 0. The molecule has 7 heteroatoms. The van der Waals surface area contributed by atoms with Gasteiger partial charge in [-0.05, 0) is 29.5 Å². The van der Waals surface area contributed by atoms with E-state index in [2.05, 4.69) is 5.32 Å². The number of nitrogens with one attached hydrogen (secondary N) is 1. The minimum atomic E-state index is -4.49. The van der Waals surface area contributed by atoms with Gasteiger partial charge < -0.3 is 10.4 Å². The van der Waals surface area contributed by atoms with Crippen molar-refractivity contribution in [3.63, 3.8) is 0 Å². The number of alkyl halides is 3. The maximum absolute atomic E-state index is 13.1. The van der Waals surface area contributed by atoms with E-state index in [-0.39, 0.29) is 18.4 Å². The molecule has 3 unspecified atom stereocenters. The van der Waals surface area contributed by atoms with Crippen molar-refractivity contribution in [2.45, 2.75) is 31.0 Å². The summed E-state index contributed by atoms with van der Waals surface area (Å²) in [5.74, 6) is -2.90. The van der Waals surface area contributed by atoms with Crippen LogP contribution in [0.3, 0.4) is 0 Å². The molecule has 0 heterocycles. The number of aliphatic carboxylic acids is 1. The lowest BCUT2D eigenvalue weighted by molar-refractivity contribution is -0.142. The SMILES string of the molecule is O=C(O)C(Cc1ccccc1)NC(=O)C1CC1c1ccccc1C(F)(F)F. The van der Waals surface area contributed by atoms with Crippen molar-refractivity contribution < 1.29 is 27.9 Å². The molecule has 3 rings (SSSR count). The van der Waals surface area contributed by atoms with Gasteiger partial charge >= 0.3 is 12.1 Å². The Kier molecular flexibility index (Phi) is 5.21. The smallest absolute Gasteiger partial charge is 0.416 e. The molecule has 1 amide bonds. The normalized spacial score (nSPS) is 20.0. The highest BCUT2D eigenvalue weighted by molar-refractivity contribution is 5.87. The molecule has 2 N–H and O–H groups in total. The first-order chi connectivity index (χ1) is 12.8. The molecule has 3 atom stereocenters. The molecule has 0 aliphatic heterocycles. The molecular formula is C20H18F3NO3. The highest BCUT2D eigenvalue weighted by atomic mass is 19.4. The molecular weight excluding hydrogens is 359 g/mol. The maximum atomic E-state index is 13.1. The average molecular weight is 377 g/mol. The lowest BCUT2D eigenvalue weighted by atomic mass is 10.0. The Morgan fingerprint density at radius 3 is 2.33 bits per heavy atom. The van der Waals surface area contributed by atoms with Crippen molar-refractivity contribution in [3.05, 3.63) is 71.3 Å². The Labute approximate surface area is 154 Å². The van der Waals surface area contributed by atoms with Crippen LogP contribution in [0.15, 0.2) is 54.6 Å². The fourth-order valence-corrected chi connectivity index (χ4v) is 3.24. The molecule has 0 aromatic heterocycles. The molecule has 0 spiro atoms. The number of rotatable bonds is 6. The number of halogens is 3. The van der Waals surface area contributed by atoms with E-state index in [0.717, 1.165) is 11.6 Å². The monoisotopic (exact) mass is 377 g/mol. The molecule has 1 fully saturated rings. The lowest BCUT2D eigenvalue weighted by Crippen LogP contribution is -2.43. The number of carboxylic acid groups (broad SMARTS) is 1. The summed E-state index contributed by atoms with van der Waals surface area (Å²) in [7, 11) is 0. The highest BCUT2D eigenvalue weighted by Gasteiger charge is 2.48. The zero-order chi connectivity index (χ0) is 19.6. The first-order valence-electron chi connectivity index (χ1n) is 8.50. The first kappa shape index (κ1) is 18.9. The summed E-state index contributed by atoms with van der Waals surface area (Å²) >= 11 is 0. The third kappa shape index (κ3) is 4.48. The van der Waals surface area contributed by atoms with E-state index in [0.29, 0.717) is 0 Å².